The minimum absolute atomic E-state index is 0.169. The number of hydrogen-bond acceptors (Lipinski definition) is 7. The van der Waals surface area contributed by atoms with E-state index in [1.807, 2.05) is 6.07 Å². The number of carbonyl (C=O) groups is 7. The maximum atomic E-state index is 13.5. The maximum absolute atomic E-state index is 13.5. The zero-order chi connectivity index (χ0) is 42.3. The monoisotopic (exact) mass is 802 g/mol. The molecule has 5 amide bonds. The van der Waals surface area contributed by atoms with Gasteiger partial charge in [-0.1, -0.05) is 140 Å². The van der Waals surface area contributed by atoms with Gasteiger partial charge in [-0.15, -0.1) is 0 Å². The molecule has 3 unspecified atom stereocenters. The van der Waals surface area contributed by atoms with Gasteiger partial charge in [0.25, 0.3) is 5.91 Å². The summed E-state index contributed by atoms with van der Waals surface area (Å²) < 4.78 is 0. The lowest BCUT2D eigenvalue weighted by atomic mass is 9.85. The normalized spacial score (nSPS) is 18.8. The van der Waals surface area contributed by atoms with Crippen LogP contribution in [0, 0.1) is 0 Å². The number of amides is 5. The van der Waals surface area contributed by atoms with Crippen molar-refractivity contribution in [2.45, 2.75) is 155 Å². The fourth-order valence-electron chi connectivity index (χ4n) is 7.54. The van der Waals surface area contributed by atoms with Crippen molar-refractivity contribution < 1.29 is 33.6 Å². The first-order chi connectivity index (χ1) is 28.0. The molecular formula is C46H67N5O7. The molecule has 0 aromatic heterocycles. The van der Waals surface area contributed by atoms with Gasteiger partial charge in [0.2, 0.25) is 29.4 Å². The summed E-state index contributed by atoms with van der Waals surface area (Å²) in [6.07, 6.45) is 17.7. The van der Waals surface area contributed by atoms with Crippen LogP contribution >= 0.6 is 0 Å². The van der Waals surface area contributed by atoms with E-state index in [9.17, 15) is 33.6 Å². The molecule has 4 N–H and O–H groups in total. The van der Waals surface area contributed by atoms with Crippen molar-refractivity contribution in [2.75, 3.05) is 19.6 Å². The van der Waals surface area contributed by atoms with Crippen LogP contribution in [-0.2, 0) is 46.5 Å². The van der Waals surface area contributed by atoms with E-state index in [1.165, 1.54) is 62.3 Å². The molecule has 0 radical (unpaired) electrons. The number of Topliss-reactive ketones (excluding diaryl/α,β-unsaturated/α-hetero) is 2. The van der Waals surface area contributed by atoms with Crippen molar-refractivity contribution in [2.24, 2.45) is 0 Å². The standard InChI is InChI=1S/C37H47N5O7.C6H12.C3H8/c1-3-11-25-12-7-4-5-10-15-32(45)38-22-34(47)42-23-29-18-27(25)16-17-28(29)19-30(42)36(48)39-20-31(44)37(49)40-21-33(46)41-35(24(2)43)26-13-8-6-9-14-26;1-2-4-6-5-3-1;1-3-2/h6,8-9,13-14,16-18,25,30,35H,3-5,7,10-12,15,19-23H2,1-2H3,(H,38,45)(H,39,48)(H,40,49)(H,41,46);1-6H2;3H2,1-2H3. The van der Waals surface area contributed by atoms with Gasteiger partial charge in [0.15, 0.2) is 5.78 Å². The summed E-state index contributed by atoms with van der Waals surface area (Å²) >= 11 is 0. The number of ketones is 2. The lowest BCUT2D eigenvalue weighted by Gasteiger charge is -2.36. The van der Waals surface area contributed by atoms with Gasteiger partial charge in [-0.2, -0.15) is 0 Å². The Balaban J connectivity index is 0.000000889. The fraction of sp³-hybridized carbons (Fsp3) is 0.587. The summed E-state index contributed by atoms with van der Waals surface area (Å²) in [6.45, 7) is 6.47. The molecule has 12 heteroatoms. The van der Waals surface area contributed by atoms with Gasteiger partial charge in [0.05, 0.1) is 19.6 Å². The topological polar surface area (TPSA) is 171 Å². The fourth-order valence-corrected chi connectivity index (χ4v) is 7.54. The van der Waals surface area contributed by atoms with Crippen LogP contribution in [0.25, 0.3) is 0 Å². The van der Waals surface area contributed by atoms with Crippen molar-refractivity contribution in [3.63, 3.8) is 0 Å². The van der Waals surface area contributed by atoms with E-state index in [0.717, 1.165) is 56.1 Å². The zero-order valence-corrected chi connectivity index (χ0v) is 35.3. The van der Waals surface area contributed by atoms with E-state index >= 15 is 0 Å². The van der Waals surface area contributed by atoms with E-state index < -0.39 is 54.6 Å². The number of nitrogens with one attached hydrogen (secondary N) is 4. The largest absolute Gasteiger partial charge is 0.347 e. The van der Waals surface area contributed by atoms with Gasteiger partial charge in [-0.3, -0.25) is 33.6 Å². The molecule has 2 aromatic rings. The van der Waals surface area contributed by atoms with Crippen molar-refractivity contribution in [3.8, 4) is 0 Å². The molecule has 318 valence electrons. The second-order valence-electron chi connectivity index (χ2n) is 15.7. The van der Waals surface area contributed by atoms with Gasteiger partial charge in [0, 0.05) is 19.4 Å². The van der Waals surface area contributed by atoms with E-state index in [4.69, 9.17) is 0 Å². The summed E-state index contributed by atoms with van der Waals surface area (Å²) in [4.78, 5) is 90.4. The summed E-state index contributed by atoms with van der Waals surface area (Å²) in [5.41, 5.74) is 3.67. The minimum Gasteiger partial charge on any atom is -0.347 e. The summed E-state index contributed by atoms with van der Waals surface area (Å²) in [6, 6.07) is 13.0. The van der Waals surface area contributed by atoms with Gasteiger partial charge < -0.3 is 26.2 Å². The molecule has 1 fully saturated rings. The predicted molar refractivity (Wildman–Crippen MR) is 226 cm³/mol. The van der Waals surface area contributed by atoms with Crippen molar-refractivity contribution >= 4 is 41.1 Å². The Kier molecular flexibility index (Phi) is 21.5. The van der Waals surface area contributed by atoms with Crippen LogP contribution in [0.2, 0.25) is 0 Å². The first-order valence-electron chi connectivity index (χ1n) is 21.6. The average Bonchev–Trinajstić information content (AvgIpc) is 3.23. The quantitative estimate of drug-likeness (QED) is 0.193. The van der Waals surface area contributed by atoms with E-state index in [1.54, 1.807) is 30.3 Å². The second-order valence-corrected chi connectivity index (χ2v) is 15.7. The van der Waals surface area contributed by atoms with Gasteiger partial charge in [-0.25, -0.2) is 0 Å². The number of hydrogen-bond donors (Lipinski definition) is 4. The Hall–Kier alpha value is -4.87. The highest BCUT2D eigenvalue weighted by molar-refractivity contribution is 6.37. The number of nitrogens with zero attached hydrogens (tertiary/aromatic N) is 1. The average molecular weight is 802 g/mol. The van der Waals surface area contributed by atoms with Crippen LogP contribution in [0.1, 0.15) is 158 Å². The van der Waals surface area contributed by atoms with E-state index in [2.05, 4.69) is 54.2 Å². The third-order valence-corrected chi connectivity index (χ3v) is 10.7. The molecule has 3 aliphatic rings. The van der Waals surface area contributed by atoms with Crippen LogP contribution in [-0.4, -0.2) is 71.7 Å². The number of benzene rings is 2. The van der Waals surface area contributed by atoms with E-state index in [0.29, 0.717) is 17.9 Å². The number of carbonyl (C=O) groups excluding carboxylic acids is 7. The summed E-state index contributed by atoms with van der Waals surface area (Å²) in [5, 5.41) is 9.94. The van der Waals surface area contributed by atoms with Crippen LogP contribution in [0.15, 0.2) is 48.5 Å². The van der Waals surface area contributed by atoms with E-state index in [-0.39, 0.29) is 31.2 Å². The minimum atomic E-state index is -1.08. The number of fused-ring (bicyclic) bond motifs is 2. The predicted octanol–water partition coefficient (Wildman–Crippen LogP) is 6.30. The first kappa shape index (κ1) is 47.5. The maximum Gasteiger partial charge on any atom is 0.289 e. The molecule has 0 saturated heterocycles. The second kappa shape index (κ2) is 26.2. The summed E-state index contributed by atoms with van der Waals surface area (Å²) in [7, 11) is 0. The Bertz CT molecular complexity index is 1650. The Morgan fingerprint density at radius 2 is 1.43 bits per heavy atom. The highest BCUT2D eigenvalue weighted by atomic mass is 16.2. The molecule has 0 spiro atoms. The molecule has 2 aromatic carbocycles. The molecule has 58 heavy (non-hydrogen) atoms. The van der Waals surface area contributed by atoms with Gasteiger partial charge in [0.1, 0.15) is 12.1 Å². The Labute approximate surface area is 345 Å². The van der Waals surface area contributed by atoms with Gasteiger partial charge in [-0.05, 0) is 54.4 Å². The third kappa shape index (κ3) is 16.2. The van der Waals surface area contributed by atoms with Crippen molar-refractivity contribution in [3.05, 3.63) is 70.8 Å². The molecule has 2 heterocycles. The SMILES string of the molecule is C1CCCCC1.CCC.CCCC1CCCCCCC(=O)NCC(=O)N2Cc3cc1ccc3CC2C(=O)NCC(=O)C(=O)NCC(=O)NC(C(C)=O)c1ccccc1. The molecule has 1 aliphatic carbocycles. The van der Waals surface area contributed by atoms with Crippen LogP contribution in [0.4, 0.5) is 0 Å². The summed E-state index contributed by atoms with van der Waals surface area (Å²) in [5.74, 6) is -3.89. The Morgan fingerprint density at radius 3 is 2.07 bits per heavy atom. The van der Waals surface area contributed by atoms with Crippen molar-refractivity contribution in [1.29, 1.82) is 0 Å². The van der Waals surface area contributed by atoms with Gasteiger partial charge >= 0.3 is 0 Å². The Morgan fingerprint density at radius 1 is 0.793 bits per heavy atom. The lowest BCUT2D eigenvalue weighted by molar-refractivity contribution is -0.143. The molecule has 1 saturated carbocycles. The molecule has 12 nitrogen and oxygen atoms in total. The van der Waals surface area contributed by atoms with Crippen LogP contribution in [0.3, 0.4) is 0 Å². The van der Waals surface area contributed by atoms with Crippen molar-refractivity contribution in [1.82, 2.24) is 26.2 Å². The van der Waals surface area contributed by atoms with Crippen LogP contribution in [0.5, 0.6) is 0 Å². The zero-order valence-electron chi connectivity index (χ0n) is 35.3. The molecule has 2 aliphatic heterocycles. The molecule has 3 atom stereocenters. The first-order valence-corrected chi connectivity index (χ1v) is 21.6. The van der Waals surface area contributed by atoms with Crippen LogP contribution < -0.4 is 21.3 Å². The third-order valence-electron chi connectivity index (χ3n) is 10.7. The number of rotatable bonds is 11. The molecule has 5 rings (SSSR count). The molecular weight excluding hydrogens is 735 g/mol. The highest BCUT2D eigenvalue weighted by Gasteiger charge is 2.35. The molecule has 3 bridgehead atoms. The highest BCUT2D eigenvalue weighted by Crippen LogP contribution is 2.32. The lowest BCUT2D eigenvalue weighted by Crippen LogP contribution is -2.55. The smallest absolute Gasteiger partial charge is 0.289 e.